The molecule has 0 N–H and O–H groups in total. The van der Waals surface area contributed by atoms with Gasteiger partial charge in [-0.15, -0.1) is 0 Å². The molecule has 112 valence electrons. The number of ketones is 1. The summed E-state index contributed by atoms with van der Waals surface area (Å²) in [5.41, 5.74) is 3.28. The third-order valence-electron chi connectivity index (χ3n) is 5.38. The van der Waals surface area contributed by atoms with E-state index in [2.05, 4.69) is 6.07 Å². The summed E-state index contributed by atoms with van der Waals surface area (Å²) < 4.78 is 11.5. The van der Waals surface area contributed by atoms with E-state index in [9.17, 15) is 4.79 Å². The van der Waals surface area contributed by atoms with Gasteiger partial charge in [0, 0.05) is 18.1 Å². The zero-order valence-electron chi connectivity index (χ0n) is 12.4. The molecule has 1 atom stereocenters. The molecular formula is C18H22O3. The van der Waals surface area contributed by atoms with Crippen LogP contribution in [0.4, 0.5) is 0 Å². The predicted molar refractivity (Wildman–Crippen MR) is 79.1 cm³/mol. The Kier molecular flexibility index (Phi) is 3.35. The van der Waals surface area contributed by atoms with Gasteiger partial charge >= 0.3 is 0 Å². The molecule has 3 aliphatic rings. The maximum absolute atomic E-state index is 12.8. The summed E-state index contributed by atoms with van der Waals surface area (Å²) in [6.45, 7) is 2.07. The normalized spacial score (nSPS) is 27.0. The summed E-state index contributed by atoms with van der Waals surface area (Å²) >= 11 is 0. The maximum Gasteiger partial charge on any atom is 0.166 e. The standard InChI is InChI=1S/C18H22O3/c19-17(13-3-4-15-11-20-12-16(15)9-13)14-5-8-21-18(10-14)6-1-2-7-18/h3-4,9,14H,1-2,5-8,10-12H2. The van der Waals surface area contributed by atoms with Crippen molar-refractivity contribution in [2.24, 2.45) is 5.92 Å². The fourth-order valence-electron chi connectivity index (χ4n) is 4.18. The maximum atomic E-state index is 12.8. The molecule has 0 bridgehead atoms. The van der Waals surface area contributed by atoms with Crippen LogP contribution >= 0.6 is 0 Å². The first-order chi connectivity index (χ1) is 10.3. The first kappa shape index (κ1) is 13.5. The fraction of sp³-hybridized carbons (Fsp3) is 0.611. The van der Waals surface area contributed by atoms with Crippen LogP contribution in [0.5, 0.6) is 0 Å². The van der Waals surface area contributed by atoms with Crippen molar-refractivity contribution in [3.63, 3.8) is 0 Å². The Bertz CT molecular complexity index is 558. The number of hydrogen-bond donors (Lipinski definition) is 0. The second kappa shape index (κ2) is 5.22. The largest absolute Gasteiger partial charge is 0.375 e. The molecular weight excluding hydrogens is 264 g/mol. The topological polar surface area (TPSA) is 35.5 Å². The van der Waals surface area contributed by atoms with Crippen molar-refractivity contribution in [3.8, 4) is 0 Å². The van der Waals surface area contributed by atoms with Crippen molar-refractivity contribution >= 4 is 5.78 Å². The van der Waals surface area contributed by atoms with Gasteiger partial charge in [0.15, 0.2) is 5.78 Å². The minimum Gasteiger partial charge on any atom is -0.375 e. The third kappa shape index (κ3) is 2.43. The molecule has 1 spiro atoms. The van der Waals surface area contributed by atoms with Gasteiger partial charge in [-0.05, 0) is 42.9 Å². The van der Waals surface area contributed by atoms with Gasteiger partial charge in [0.1, 0.15) is 0 Å². The molecule has 1 aliphatic carbocycles. The molecule has 1 saturated heterocycles. The SMILES string of the molecule is O=C(c1ccc2c(c1)COC2)C1CCOC2(CCCC2)C1. The minimum atomic E-state index is 0.0123. The molecule has 1 aromatic carbocycles. The van der Waals surface area contributed by atoms with Gasteiger partial charge in [-0.3, -0.25) is 4.79 Å². The van der Waals surface area contributed by atoms with Gasteiger partial charge in [-0.2, -0.15) is 0 Å². The average molecular weight is 286 g/mol. The lowest BCUT2D eigenvalue weighted by Crippen LogP contribution is -2.39. The molecule has 2 heterocycles. The molecule has 4 rings (SSSR count). The molecule has 0 amide bonds. The lowest BCUT2D eigenvalue weighted by molar-refractivity contribution is -0.0866. The molecule has 0 radical (unpaired) electrons. The third-order valence-corrected chi connectivity index (χ3v) is 5.38. The highest BCUT2D eigenvalue weighted by Crippen LogP contribution is 2.42. The van der Waals surface area contributed by atoms with E-state index in [4.69, 9.17) is 9.47 Å². The predicted octanol–water partition coefficient (Wildman–Crippen LogP) is 3.64. The molecule has 2 fully saturated rings. The van der Waals surface area contributed by atoms with Crippen molar-refractivity contribution in [1.82, 2.24) is 0 Å². The van der Waals surface area contributed by atoms with Crippen molar-refractivity contribution in [2.45, 2.75) is 57.3 Å². The molecule has 1 aromatic rings. The number of ether oxygens (including phenoxy) is 2. The van der Waals surface area contributed by atoms with Crippen LogP contribution in [-0.4, -0.2) is 18.0 Å². The fourth-order valence-corrected chi connectivity index (χ4v) is 4.18. The summed E-state index contributed by atoms with van der Waals surface area (Å²) in [7, 11) is 0. The van der Waals surface area contributed by atoms with Crippen molar-refractivity contribution in [3.05, 3.63) is 34.9 Å². The number of hydrogen-bond acceptors (Lipinski definition) is 3. The highest BCUT2D eigenvalue weighted by atomic mass is 16.5. The Balaban J connectivity index is 1.54. The quantitative estimate of drug-likeness (QED) is 0.779. The Labute approximate surface area is 125 Å². The molecule has 1 saturated carbocycles. The molecule has 1 unspecified atom stereocenters. The van der Waals surface area contributed by atoms with Crippen LogP contribution in [-0.2, 0) is 22.7 Å². The number of Topliss-reactive ketones (excluding diaryl/α,β-unsaturated/α-hetero) is 1. The number of carbonyl (C=O) groups is 1. The van der Waals surface area contributed by atoms with Crippen molar-refractivity contribution in [2.75, 3.05) is 6.61 Å². The zero-order valence-corrected chi connectivity index (χ0v) is 12.4. The van der Waals surface area contributed by atoms with Gasteiger partial charge in [-0.25, -0.2) is 0 Å². The van der Waals surface area contributed by atoms with Crippen molar-refractivity contribution < 1.29 is 14.3 Å². The number of rotatable bonds is 2. The molecule has 0 aromatic heterocycles. The van der Waals surface area contributed by atoms with Crippen LogP contribution in [0.15, 0.2) is 18.2 Å². The molecule has 3 heteroatoms. The summed E-state index contributed by atoms with van der Waals surface area (Å²) in [6.07, 6.45) is 6.55. The lowest BCUT2D eigenvalue weighted by Gasteiger charge is -2.37. The number of fused-ring (bicyclic) bond motifs is 1. The summed E-state index contributed by atoms with van der Waals surface area (Å²) in [4.78, 5) is 12.8. The van der Waals surface area contributed by atoms with E-state index in [1.807, 2.05) is 12.1 Å². The van der Waals surface area contributed by atoms with E-state index >= 15 is 0 Å². The van der Waals surface area contributed by atoms with Crippen LogP contribution in [0.3, 0.4) is 0 Å². The first-order valence-corrected chi connectivity index (χ1v) is 8.14. The molecule has 2 aliphatic heterocycles. The molecule has 3 nitrogen and oxygen atoms in total. The van der Waals surface area contributed by atoms with E-state index in [1.54, 1.807) is 0 Å². The Morgan fingerprint density at radius 1 is 1.14 bits per heavy atom. The van der Waals surface area contributed by atoms with Gasteiger partial charge in [0.2, 0.25) is 0 Å². The Morgan fingerprint density at radius 2 is 1.95 bits per heavy atom. The van der Waals surface area contributed by atoms with Crippen molar-refractivity contribution in [1.29, 1.82) is 0 Å². The van der Waals surface area contributed by atoms with Crippen LogP contribution in [0.1, 0.15) is 60.0 Å². The van der Waals surface area contributed by atoms with Crippen LogP contribution < -0.4 is 0 Å². The Morgan fingerprint density at radius 3 is 2.81 bits per heavy atom. The summed E-state index contributed by atoms with van der Waals surface area (Å²) in [5, 5.41) is 0. The summed E-state index contributed by atoms with van der Waals surface area (Å²) in [6, 6.07) is 6.08. The number of carbonyl (C=O) groups excluding carboxylic acids is 1. The van der Waals surface area contributed by atoms with E-state index in [0.29, 0.717) is 19.0 Å². The highest BCUT2D eigenvalue weighted by Gasteiger charge is 2.42. The van der Waals surface area contributed by atoms with Crippen LogP contribution in [0.2, 0.25) is 0 Å². The van der Waals surface area contributed by atoms with E-state index in [0.717, 1.165) is 37.9 Å². The second-order valence-electron chi connectivity index (χ2n) is 6.77. The number of benzene rings is 1. The smallest absolute Gasteiger partial charge is 0.166 e. The zero-order chi connectivity index (χ0) is 14.3. The molecule has 21 heavy (non-hydrogen) atoms. The Hall–Kier alpha value is -1.19. The first-order valence-electron chi connectivity index (χ1n) is 8.14. The van der Waals surface area contributed by atoms with Crippen LogP contribution in [0, 0.1) is 5.92 Å². The van der Waals surface area contributed by atoms with Crippen LogP contribution in [0.25, 0.3) is 0 Å². The van der Waals surface area contributed by atoms with E-state index in [-0.39, 0.29) is 11.5 Å². The minimum absolute atomic E-state index is 0.0123. The average Bonchev–Trinajstić information content (AvgIpc) is 3.15. The van der Waals surface area contributed by atoms with E-state index < -0.39 is 0 Å². The van der Waals surface area contributed by atoms with Gasteiger partial charge < -0.3 is 9.47 Å². The summed E-state index contributed by atoms with van der Waals surface area (Å²) in [5.74, 6) is 0.441. The van der Waals surface area contributed by atoms with Gasteiger partial charge in [-0.1, -0.05) is 25.0 Å². The highest BCUT2D eigenvalue weighted by molar-refractivity contribution is 5.98. The monoisotopic (exact) mass is 286 g/mol. The second-order valence-corrected chi connectivity index (χ2v) is 6.77. The lowest BCUT2D eigenvalue weighted by atomic mass is 9.80. The van der Waals surface area contributed by atoms with Gasteiger partial charge in [0.25, 0.3) is 0 Å². The van der Waals surface area contributed by atoms with E-state index in [1.165, 1.54) is 24.0 Å². The van der Waals surface area contributed by atoms with Gasteiger partial charge in [0.05, 0.1) is 18.8 Å².